The van der Waals surface area contributed by atoms with Crippen molar-refractivity contribution in [3.8, 4) is 0 Å². The van der Waals surface area contributed by atoms with Gasteiger partial charge in [-0.2, -0.15) is 0 Å². The number of allylic oxidation sites excluding steroid dienone is 2. The number of carbonyl (C=O) groups excluding carboxylic acids is 1. The lowest BCUT2D eigenvalue weighted by molar-refractivity contribution is -0.117. The molecule has 22 heavy (non-hydrogen) atoms. The first kappa shape index (κ1) is 19.2. The monoisotopic (exact) mass is 324 g/mol. The van der Waals surface area contributed by atoms with Crippen LogP contribution in [0.2, 0.25) is 18.1 Å². The number of hydrogen-bond donors (Lipinski definition) is 0. The predicted octanol–water partition coefficient (Wildman–Crippen LogP) is 4.85. The fraction of sp³-hybridized carbons (Fsp3) is 0.722. The molecule has 0 aromatic carbocycles. The van der Waals surface area contributed by atoms with E-state index < -0.39 is 8.32 Å². The van der Waals surface area contributed by atoms with Crippen LogP contribution >= 0.6 is 0 Å². The highest BCUT2D eigenvalue weighted by Gasteiger charge is 2.39. The maximum atomic E-state index is 12.0. The molecule has 0 bridgehead atoms. The highest BCUT2D eigenvalue weighted by atomic mass is 28.4. The number of methoxy groups -OCH3 is 1. The van der Waals surface area contributed by atoms with Crippen LogP contribution in [0.4, 0.5) is 0 Å². The third-order valence-electron chi connectivity index (χ3n) is 4.99. The molecule has 0 radical (unpaired) electrons. The highest BCUT2D eigenvalue weighted by Crippen LogP contribution is 2.39. The molecule has 0 N–H and O–H groups in total. The van der Waals surface area contributed by atoms with Gasteiger partial charge in [-0.3, -0.25) is 4.79 Å². The van der Waals surface area contributed by atoms with Crippen LogP contribution in [0.5, 0.6) is 0 Å². The number of rotatable bonds is 7. The zero-order chi connectivity index (χ0) is 17.1. The minimum absolute atomic E-state index is 0.0415. The molecular formula is C18H32O3Si. The fourth-order valence-electron chi connectivity index (χ4n) is 2.36. The Bertz CT molecular complexity index is 457. The van der Waals surface area contributed by atoms with E-state index in [9.17, 15) is 4.79 Å². The normalized spacial score (nSPS) is 20.8. The Morgan fingerprint density at radius 1 is 1.45 bits per heavy atom. The summed E-state index contributed by atoms with van der Waals surface area (Å²) in [6, 6.07) is 0. The van der Waals surface area contributed by atoms with Gasteiger partial charge in [0.2, 0.25) is 0 Å². The Kier molecular flexibility index (Phi) is 6.22. The van der Waals surface area contributed by atoms with Crippen molar-refractivity contribution in [3.63, 3.8) is 0 Å². The number of hydrogen-bond acceptors (Lipinski definition) is 3. The molecule has 1 aliphatic rings. The van der Waals surface area contributed by atoms with Crippen molar-refractivity contribution in [1.29, 1.82) is 0 Å². The molecular weight excluding hydrogens is 292 g/mol. The van der Waals surface area contributed by atoms with Crippen LogP contribution in [0.1, 0.15) is 47.0 Å². The van der Waals surface area contributed by atoms with Gasteiger partial charge in [0.05, 0.1) is 19.0 Å². The maximum absolute atomic E-state index is 12.0. The topological polar surface area (TPSA) is 35.5 Å². The van der Waals surface area contributed by atoms with E-state index in [0.29, 0.717) is 0 Å². The molecule has 2 unspecified atom stereocenters. The molecule has 1 aliphatic carbocycles. The smallest absolute Gasteiger partial charge is 0.192 e. The molecule has 1 rings (SSSR count). The molecule has 0 saturated heterocycles. The van der Waals surface area contributed by atoms with Gasteiger partial charge in [0.1, 0.15) is 0 Å². The molecule has 3 nitrogen and oxygen atoms in total. The third-order valence-corrected chi connectivity index (χ3v) is 9.47. The molecule has 0 saturated carbocycles. The zero-order valence-corrected chi connectivity index (χ0v) is 16.3. The summed E-state index contributed by atoms with van der Waals surface area (Å²) in [6.45, 7) is 17.3. The second-order valence-corrected chi connectivity index (χ2v) is 12.7. The summed E-state index contributed by atoms with van der Waals surface area (Å²) in [7, 11) is -0.205. The first-order chi connectivity index (χ1) is 9.98. The van der Waals surface area contributed by atoms with E-state index in [1.165, 1.54) is 0 Å². The van der Waals surface area contributed by atoms with Gasteiger partial charge in [-0.1, -0.05) is 32.9 Å². The third kappa shape index (κ3) is 4.82. The standard InChI is InChI=1S/C18H32O3Si/c1-13(2)17(21-22(7,8)18(3,4)5)10-9-14-11-15(20-6)12-16(14)19/h12,14,17H,1,9-11H2,2-8H3. The molecule has 4 heteroatoms. The Labute approximate surface area is 136 Å². The highest BCUT2D eigenvalue weighted by molar-refractivity contribution is 6.74. The molecule has 0 aromatic rings. The van der Waals surface area contributed by atoms with Crippen LogP contribution in [0.25, 0.3) is 0 Å². The van der Waals surface area contributed by atoms with Crippen molar-refractivity contribution in [2.45, 2.75) is 71.2 Å². The van der Waals surface area contributed by atoms with Crippen molar-refractivity contribution >= 4 is 14.1 Å². The molecule has 0 spiro atoms. The summed E-state index contributed by atoms with van der Waals surface area (Å²) in [5, 5.41) is 0.175. The van der Waals surface area contributed by atoms with E-state index in [2.05, 4.69) is 40.4 Å². The van der Waals surface area contributed by atoms with Gasteiger partial charge < -0.3 is 9.16 Å². The lowest BCUT2D eigenvalue weighted by atomic mass is 9.96. The van der Waals surface area contributed by atoms with E-state index in [1.54, 1.807) is 13.2 Å². The summed E-state index contributed by atoms with van der Waals surface area (Å²) in [5.41, 5.74) is 1.05. The van der Waals surface area contributed by atoms with Crippen LogP contribution in [0, 0.1) is 5.92 Å². The number of carbonyl (C=O) groups is 1. The van der Waals surface area contributed by atoms with E-state index in [4.69, 9.17) is 9.16 Å². The van der Waals surface area contributed by atoms with Gasteiger partial charge in [0.25, 0.3) is 0 Å². The maximum Gasteiger partial charge on any atom is 0.192 e. The molecule has 0 heterocycles. The number of ketones is 1. The molecule has 0 aromatic heterocycles. The Balaban J connectivity index is 2.64. The van der Waals surface area contributed by atoms with Crippen molar-refractivity contribution in [2.75, 3.05) is 7.11 Å². The summed E-state index contributed by atoms with van der Waals surface area (Å²) in [5.74, 6) is 1.02. The van der Waals surface area contributed by atoms with Crippen LogP contribution in [0.15, 0.2) is 24.0 Å². The second kappa shape index (κ2) is 7.13. The lowest BCUT2D eigenvalue weighted by Gasteiger charge is -2.39. The fourth-order valence-corrected chi connectivity index (χ4v) is 3.74. The quantitative estimate of drug-likeness (QED) is 0.496. The summed E-state index contributed by atoms with van der Waals surface area (Å²) in [4.78, 5) is 12.0. The predicted molar refractivity (Wildman–Crippen MR) is 94.3 cm³/mol. The van der Waals surface area contributed by atoms with E-state index in [1.807, 2.05) is 6.92 Å². The van der Waals surface area contributed by atoms with E-state index in [0.717, 1.165) is 30.6 Å². The largest absolute Gasteiger partial charge is 0.501 e. The Hall–Kier alpha value is -0.873. The van der Waals surface area contributed by atoms with Gasteiger partial charge in [0.15, 0.2) is 14.1 Å². The van der Waals surface area contributed by atoms with Gasteiger partial charge >= 0.3 is 0 Å². The second-order valence-electron chi connectivity index (χ2n) is 7.91. The van der Waals surface area contributed by atoms with Gasteiger partial charge in [-0.15, -0.1) is 0 Å². The SMILES string of the molecule is C=C(C)C(CCC1CC(OC)=CC1=O)O[Si](C)(C)C(C)(C)C. The zero-order valence-electron chi connectivity index (χ0n) is 15.3. The van der Waals surface area contributed by atoms with E-state index in [-0.39, 0.29) is 22.8 Å². The van der Waals surface area contributed by atoms with Gasteiger partial charge in [-0.05, 0) is 37.9 Å². The minimum atomic E-state index is -1.83. The molecule has 126 valence electrons. The molecule has 2 atom stereocenters. The first-order valence-electron chi connectivity index (χ1n) is 8.09. The lowest BCUT2D eigenvalue weighted by Crippen LogP contribution is -2.44. The van der Waals surface area contributed by atoms with Crippen molar-refractivity contribution < 1.29 is 14.0 Å². The average molecular weight is 325 g/mol. The Morgan fingerprint density at radius 3 is 2.45 bits per heavy atom. The molecule has 0 fully saturated rings. The van der Waals surface area contributed by atoms with Crippen molar-refractivity contribution in [2.24, 2.45) is 5.92 Å². The summed E-state index contributed by atoms with van der Waals surface area (Å²) in [6.07, 6.45) is 4.07. The average Bonchev–Trinajstić information content (AvgIpc) is 2.73. The van der Waals surface area contributed by atoms with Gasteiger partial charge in [-0.25, -0.2) is 0 Å². The van der Waals surface area contributed by atoms with E-state index >= 15 is 0 Å². The molecule has 0 aliphatic heterocycles. The van der Waals surface area contributed by atoms with Crippen LogP contribution in [-0.4, -0.2) is 27.3 Å². The summed E-state index contributed by atoms with van der Waals surface area (Å²) >= 11 is 0. The molecule has 0 amide bonds. The minimum Gasteiger partial charge on any atom is -0.501 e. The summed E-state index contributed by atoms with van der Waals surface area (Å²) < 4.78 is 11.7. The van der Waals surface area contributed by atoms with Crippen molar-refractivity contribution in [1.82, 2.24) is 0 Å². The number of ether oxygens (including phenoxy) is 1. The first-order valence-corrected chi connectivity index (χ1v) is 11.0. The van der Waals surface area contributed by atoms with Crippen LogP contribution in [-0.2, 0) is 14.0 Å². The van der Waals surface area contributed by atoms with Crippen LogP contribution < -0.4 is 0 Å². The van der Waals surface area contributed by atoms with Crippen molar-refractivity contribution in [3.05, 3.63) is 24.0 Å². The van der Waals surface area contributed by atoms with Crippen LogP contribution in [0.3, 0.4) is 0 Å². The Morgan fingerprint density at radius 2 is 2.05 bits per heavy atom. The van der Waals surface area contributed by atoms with Gasteiger partial charge in [0, 0.05) is 18.4 Å².